The molecule has 2 aliphatic rings. The monoisotopic (exact) mass is 398 g/mol. The largest absolute Gasteiger partial charge is 0.358 e. The predicted molar refractivity (Wildman–Crippen MR) is 117 cm³/mol. The van der Waals surface area contributed by atoms with Gasteiger partial charge in [0, 0.05) is 38.8 Å². The Morgan fingerprint density at radius 3 is 2.66 bits per heavy atom. The Bertz CT molecular complexity index is 1300. The van der Waals surface area contributed by atoms with Gasteiger partial charge < -0.3 is 10.3 Å². The number of carbonyl (C=O) groups excluding carboxylic acids is 1. The van der Waals surface area contributed by atoms with Gasteiger partial charge in [0.25, 0.3) is 0 Å². The third-order valence-corrected chi connectivity index (χ3v) is 6.81. The summed E-state index contributed by atoms with van der Waals surface area (Å²) in [5, 5.41) is 4.85. The Kier molecular flexibility index (Phi) is 3.34. The molecule has 1 aliphatic heterocycles. The summed E-state index contributed by atoms with van der Waals surface area (Å²) in [7, 11) is 0. The normalized spacial score (nSPS) is 22.1. The number of nitrogens with one attached hydrogen (secondary N) is 2. The molecule has 0 saturated carbocycles. The second kappa shape index (κ2) is 5.74. The van der Waals surface area contributed by atoms with Gasteiger partial charge in [-0.15, -0.1) is 0 Å². The number of aryl methyl sites for hydroxylation is 1. The van der Waals surface area contributed by atoms with Crippen molar-refractivity contribution in [2.75, 3.05) is 5.32 Å². The highest BCUT2D eigenvalue weighted by Gasteiger charge is 2.56. The van der Waals surface area contributed by atoms with Gasteiger partial charge in [0.15, 0.2) is 0 Å². The molecule has 4 heteroatoms. The molecule has 0 bridgehead atoms. The molecule has 3 nitrogen and oxygen atoms in total. The number of H-pyrrole nitrogens is 1. The molecule has 1 aliphatic carbocycles. The van der Waals surface area contributed by atoms with Crippen LogP contribution in [0.25, 0.3) is 10.9 Å². The van der Waals surface area contributed by atoms with Gasteiger partial charge in [-0.2, -0.15) is 0 Å². The number of rotatable bonds is 1. The zero-order chi connectivity index (χ0) is 19.8. The highest BCUT2D eigenvalue weighted by Crippen LogP contribution is 2.58. The number of amides is 1. The van der Waals surface area contributed by atoms with Crippen LogP contribution in [0.2, 0.25) is 5.02 Å². The van der Waals surface area contributed by atoms with Crippen LogP contribution in [0, 0.1) is 6.92 Å². The maximum Gasteiger partial charge on any atom is 0.239 e. The van der Waals surface area contributed by atoms with E-state index < -0.39 is 5.41 Å². The van der Waals surface area contributed by atoms with E-state index in [-0.39, 0.29) is 11.8 Å². The Morgan fingerprint density at radius 2 is 1.83 bits per heavy atom. The number of fused-ring (bicyclic) bond motifs is 6. The van der Waals surface area contributed by atoms with Gasteiger partial charge in [0.1, 0.15) is 5.41 Å². The van der Waals surface area contributed by atoms with Gasteiger partial charge in [0.2, 0.25) is 5.91 Å². The summed E-state index contributed by atoms with van der Waals surface area (Å²) in [6, 6.07) is 22.6. The third kappa shape index (κ3) is 2.16. The Hall–Kier alpha value is -3.04. The molecule has 142 valence electrons. The number of benzene rings is 3. The average molecular weight is 399 g/mol. The first-order chi connectivity index (χ1) is 14.1. The van der Waals surface area contributed by atoms with Gasteiger partial charge in [-0.05, 0) is 48.7 Å². The Morgan fingerprint density at radius 1 is 1.03 bits per heavy atom. The fraction of sp³-hybridized carbons (Fsp3) is 0.160. The van der Waals surface area contributed by atoms with Gasteiger partial charge >= 0.3 is 0 Å². The van der Waals surface area contributed by atoms with E-state index in [2.05, 4.69) is 47.6 Å². The van der Waals surface area contributed by atoms with Crippen molar-refractivity contribution in [3.63, 3.8) is 0 Å². The van der Waals surface area contributed by atoms with Crippen LogP contribution in [0.4, 0.5) is 5.69 Å². The van der Waals surface area contributed by atoms with Crippen molar-refractivity contribution in [3.8, 4) is 0 Å². The maximum absolute atomic E-state index is 13.5. The van der Waals surface area contributed by atoms with Crippen molar-refractivity contribution >= 4 is 34.1 Å². The summed E-state index contributed by atoms with van der Waals surface area (Å²) in [6.07, 6.45) is 0.711. The topological polar surface area (TPSA) is 44.9 Å². The SMILES string of the molecule is Cc1ccc([C@H]2C[C@]3(C(=O)Nc4ccccc43)c3c2[nH]c2ccc(Cl)cc32)cc1. The fourth-order valence-electron chi connectivity index (χ4n) is 5.27. The summed E-state index contributed by atoms with van der Waals surface area (Å²) >= 11 is 6.37. The van der Waals surface area contributed by atoms with E-state index in [1.54, 1.807) is 0 Å². The van der Waals surface area contributed by atoms with Crippen molar-refractivity contribution < 1.29 is 4.79 Å². The second-order valence-electron chi connectivity index (χ2n) is 8.18. The molecule has 2 heterocycles. The Balaban J connectivity index is 1.69. The zero-order valence-electron chi connectivity index (χ0n) is 15.9. The first-order valence-corrected chi connectivity index (χ1v) is 10.2. The number of carbonyl (C=O) groups is 1. The molecule has 0 radical (unpaired) electrons. The molecular weight excluding hydrogens is 380 g/mol. The van der Waals surface area contributed by atoms with E-state index in [0.29, 0.717) is 11.4 Å². The summed E-state index contributed by atoms with van der Waals surface area (Å²) in [6.45, 7) is 2.09. The van der Waals surface area contributed by atoms with Crippen molar-refractivity contribution in [1.29, 1.82) is 0 Å². The van der Waals surface area contributed by atoms with E-state index in [1.807, 2.05) is 36.4 Å². The first-order valence-electron chi connectivity index (χ1n) is 9.87. The van der Waals surface area contributed by atoms with Crippen LogP contribution in [0.3, 0.4) is 0 Å². The third-order valence-electron chi connectivity index (χ3n) is 6.58. The summed E-state index contributed by atoms with van der Waals surface area (Å²) in [4.78, 5) is 17.1. The molecule has 2 atom stereocenters. The van der Waals surface area contributed by atoms with E-state index in [9.17, 15) is 4.79 Å². The average Bonchev–Trinajstić information content (AvgIpc) is 3.34. The Labute approximate surface area is 173 Å². The number of hydrogen-bond donors (Lipinski definition) is 2. The minimum atomic E-state index is -0.704. The molecule has 1 aromatic heterocycles. The van der Waals surface area contributed by atoms with Gasteiger partial charge in [-0.3, -0.25) is 4.79 Å². The summed E-state index contributed by atoms with van der Waals surface area (Å²) < 4.78 is 0. The van der Waals surface area contributed by atoms with Crippen molar-refractivity contribution in [1.82, 2.24) is 4.98 Å². The minimum absolute atomic E-state index is 0.0513. The molecule has 1 spiro atoms. The van der Waals surface area contributed by atoms with E-state index in [1.165, 1.54) is 11.1 Å². The van der Waals surface area contributed by atoms with Crippen LogP contribution in [-0.2, 0) is 10.2 Å². The van der Waals surface area contributed by atoms with Crippen molar-refractivity contribution in [3.05, 3.63) is 99.7 Å². The predicted octanol–water partition coefficient (Wildman–Crippen LogP) is 5.90. The van der Waals surface area contributed by atoms with E-state index >= 15 is 0 Å². The standard InChI is InChI=1S/C25H19ClN2O/c1-14-6-8-15(9-7-14)18-13-25(19-4-2-3-5-21(19)28-24(25)29)22-17-12-16(26)10-11-20(17)27-23(18)22/h2-12,18,27H,13H2,1H3,(H,28,29)/t18-,25-/m1/s1. The molecule has 0 fully saturated rings. The van der Waals surface area contributed by atoms with Crippen molar-refractivity contribution in [2.45, 2.75) is 24.7 Å². The second-order valence-corrected chi connectivity index (χ2v) is 8.61. The van der Waals surface area contributed by atoms with E-state index in [0.717, 1.165) is 33.4 Å². The lowest BCUT2D eigenvalue weighted by molar-refractivity contribution is -0.119. The fourth-order valence-corrected chi connectivity index (χ4v) is 5.44. The van der Waals surface area contributed by atoms with Crippen LogP contribution >= 0.6 is 11.6 Å². The molecule has 6 rings (SSSR count). The van der Waals surface area contributed by atoms with Gasteiger partial charge in [0.05, 0.1) is 0 Å². The van der Waals surface area contributed by atoms with Crippen LogP contribution in [0.15, 0.2) is 66.7 Å². The summed E-state index contributed by atoms with van der Waals surface area (Å²) in [5.41, 5.74) is 6.93. The van der Waals surface area contributed by atoms with Gasteiger partial charge in [-0.1, -0.05) is 59.6 Å². The number of para-hydroxylation sites is 1. The molecule has 1 amide bonds. The van der Waals surface area contributed by atoms with Gasteiger partial charge in [-0.25, -0.2) is 0 Å². The minimum Gasteiger partial charge on any atom is -0.358 e. The van der Waals surface area contributed by atoms with E-state index in [4.69, 9.17) is 11.6 Å². The maximum atomic E-state index is 13.5. The number of hydrogen-bond acceptors (Lipinski definition) is 1. The molecule has 2 N–H and O–H groups in total. The van der Waals surface area contributed by atoms with Crippen LogP contribution in [0.1, 0.15) is 40.3 Å². The molecule has 4 aromatic rings. The molecular formula is C25H19ClN2O. The summed E-state index contributed by atoms with van der Waals surface area (Å²) in [5.74, 6) is 0.170. The number of aromatic nitrogens is 1. The zero-order valence-corrected chi connectivity index (χ0v) is 16.7. The van der Waals surface area contributed by atoms with Crippen LogP contribution in [0.5, 0.6) is 0 Å². The lowest BCUT2D eigenvalue weighted by Crippen LogP contribution is -2.33. The highest BCUT2D eigenvalue weighted by molar-refractivity contribution is 6.31. The molecule has 0 unspecified atom stereocenters. The molecule has 0 saturated heterocycles. The first kappa shape index (κ1) is 16.9. The van der Waals surface area contributed by atoms with Crippen molar-refractivity contribution in [2.24, 2.45) is 0 Å². The van der Waals surface area contributed by atoms with Crippen LogP contribution < -0.4 is 5.32 Å². The number of anilines is 1. The molecule has 3 aromatic carbocycles. The number of halogens is 1. The smallest absolute Gasteiger partial charge is 0.239 e. The van der Waals surface area contributed by atoms with Crippen LogP contribution in [-0.4, -0.2) is 10.9 Å². The lowest BCUT2D eigenvalue weighted by atomic mass is 9.75. The lowest BCUT2D eigenvalue weighted by Gasteiger charge is -2.24. The highest BCUT2D eigenvalue weighted by atomic mass is 35.5. The molecule has 29 heavy (non-hydrogen) atoms. The quantitative estimate of drug-likeness (QED) is 0.411. The number of aromatic amines is 1.